The summed E-state index contributed by atoms with van der Waals surface area (Å²) >= 11 is 0. The van der Waals surface area contributed by atoms with Gasteiger partial charge in [0, 0.05) is 32.5 Å². The summed E-state index contributed by atoms with van der Waals surface area (Å²) in [4.78, 5) is 29.8. The van der Waals surface area contributed by atoms with Crippen LogP contribution in [0.1, 0.15) is 35.6 Å². The first kappa shape index (κ1) is 35.2. The van der Waals surface area contributed by atoms with Crippen LogP contribution in [0.25, 0.3) is 0 Å². The molecule has 0 saturated carbocycles. The van der Waals surface area contributed by atoms with Crippen LogP contribution < -0.4 is 19.5 Å². The molecular weight excluding hydrogens is 614 g/mol. The standard InChI is InChI=1S/C37H43N3O6S/c1-4-39-47(43,44)32-19-15-28(16-20-32)18-22-36(41)40(27-31-13-9-6-10-14-31)33(25-29-11-7-5-8-12-29)37(42)38-24-23-30-17-21-34(45-2)35(26-30)46-3/h5-17,19-21,26,33,39H,4,18,22-25,27H2,1-3H3,(H,38,42)/t33-/m0/s1. The Morgan fingerprint density at radius 3 is 1.98 bits per heavy atom. The summed E-state index contributed by atoms with van der Waals surface area (Å²) in [7, 11) is -0.402. The number of carbonyl (C=O) groups excluding carboxylic acids is 2. The number of sulfonamides is 1. The second-order valence-corrected chi connectivity index (χ2v) is 12.9. The van der Waals surface area contributed by atoms with E-state index in [0.717, 1.165) is 22.3 Å². The number of hydrogen-bond acceptors (Lipinski definition) is 6. The SMILES string of the molecule is CCNS(=O)(=O)c1ccc(CCC(=O)N(Cc2ccccc2)[C@@H](Cc2ccccc2)C(=O)NCCc2ccc(OC)c(OC)c2)cc1. The lowest BCUT2D eigenvalue weighted by atomic mass is 10.0. The monoisotopic (exact) mass is 657 g/mol. The van der Waals surface area contributed by atoms with Gasteiger partial charge in [0.25, 0.3) is 0 Å². The number of amides is 2. The van der Waals surface area contributed by atoms with E-state index < -0.39 is 16.1 Å². The topological polar surface area (TPSA) is 114 Å². The number of rotatable bonds is 17. The minimum atomic E-state index is -3.57. The number of aryl methyl sites for hydroxylation is 1. The third kappa shape index (κ3) is 10.2. The molecule has 0 aliphatic heterocycles. The lowest BCUT2D eigenvalue weighted by molar-refractivity contribution is -0.141. The molecule has 0 aliphatic rings. The molecular formula is C37H43N3O6S. The van der Waals surface area contributed by atoms with Gasteiger partial charge in [0.05, 0.1) is 19.1 Å². The first-order valence-corrected chi connectivity index (χ1v) is 17.2. The van der Waals surface area contributed by atoms with Gasteiger partial charge < -0.3 is 19.7 Å². The number of methoxy groups -OCH3 is 2. The summed E-state index contributed by atoms with van der Waals surface area (Å²) in [5.41, 5.74) is 3.66. The van der Waals surface area contributed by atoms with Crippen LogP contribution in [0.5, 0.6) is 11.5 Å². The second kappa shape index (κ2) is 17.3. The molecule has 0 saturated heterocycles. The maximum Gasteiger partial charge on any atom is 0.243 e. The van der Waals surface area contributed by atoms with Crippen molar-refractivity contribution < 1.29 is 27.5 Å². The lowest BCUT2D eigenvalue weighted by Gasteiger charge is -2.31. The van der Waals surface area contributed by atoms with Gasteiger partial charge in [-0.1, -0.05) is 85.8 Å². The average molecular weight is 658 g/mol. The Morgan fingerprint density at radius 2 is 1.36 bits per heavy atom. The Balaban J connectivity index is 1.54. The van der Waals surface area contributed by atoms with Crippen molar-refractivity contribution in [2.45, 2.75) is 50.1 Å². The highest BCUT2D eigenvalue weighted by Crippen LogP contribution is 2.27. The highest BCUT2D eigenvalue weighted by molar-refractivity contribution is 7.89. The molecule has 0 bridgehead atoms. The van der Waals surface area contributed by atoms with Crippen LogP contribution in [0, 0.1) is 0 Å². The van der Waals surface area contributed by atoms with Crippen LogP contribution in [-0.2, 0) is 45.4 Å². The Hall–Kier alpha value is -4.67. The van der Waals surface area contributed by atoms with Gasteiger partial charge in [-0.2, -0.15) is 0 Å². The highest BCUT2D eigenvalue weighted by atomic mass is 32.2. The molecule has 4 rings (SSSR count). The molecule has 0 heterocycles. The number of hydrogen-bond donors (Lipinski definition) is 2. The third-order valence-electron chi connectivity index (χ3n) is 7.82. The zero-order valence-electron chi connectivity index (χ0n) is 27.1. The maximum absolute atomic E-state index is 14.0. The van der Waals surface area contributed by atoms with Crippen molar-refractivity contribution in [1.82, 2.24) is 14.9 Å². The van der Waals surface area contributed by atoms with Crippen LogP contribution in [0.2, 0.25) is 0 Å². The third-order valence-corrected chi connectivity index (χ3v) is 9.38. The van der Waals surface area contributed by atoms with E-state index in [-0.39, 0.29) is 29.7 Å². The van der Waals surface area contributed by atoms with Crippen molar-refractivity contribution >= 4 is 21.8 Å². The van der Waals surface area contributed by atoms with Gasteiger partial charge in [0.2, 0.25) is 21.8 Å². The summed E-state index contributed by atoms with van der Waals surface area (Å²) in [6, 6.07) is 30.7. The highest BCUT2D eigenvalue weighted by Gasteiger charge is 2.30. The van der Waals surface area contributed by atoms with E-state index in [4.69, 9.17) is 9.47 Å². The predicted molar refractivity (Wildman–Crippen MR) is 183 cm³/mol. The molecule has 1 atom stereocenters. The minimum Gasteiger partial charge on any atom is -0.493 e. The molecule has 2 N–H and O–H groups in total. The maximum atomic E-state index is 14.0. The fourth-order valence-electron chi connectivity index (χ4n) is 5.32. The van der Waals surface area contributed by atoms with Gasteiger partial charge in [0.1, 0.15) is 6.04 Å². The first-order valence-electron chi connectivity index (χ1n) is 15.7. The summed E-state index contributed by atoms with van der Waals surface area (Å²) in [5, 5.41) is 3.08. The van der Waals surface area contributed by atoms with Gasteiger partial charge in [0.15, 0.2) is 11.5 Å². The van der Waals surface area contributed by atoms with E-state index in [1.807, 2.05) is 78.9 Å². The molecule has 9 nitrogen and oxygen atoms in total. The number of ether oxygens (including phenoxy) is 2. The van der Waals surface area contributed by atoms with Gasteiger partial charge >= 0.3 is 0 Å². The van der Waals surface area contributed by atoms with Crippen LogP contribution in [-0.4, -0.2) is 58.5 Å². The minimum absolute atomic E-state index is 0.149. The Bertz CT molecular complexity index is 1700. The molecule has 4 aromatic rings. The predicted octanol–water partition coefficient (Wildman–Crippen LogP) is 4.93. The normalized spacial score (nSPS) is 11.8. The van der Waals surface area contributed by atoms with Gasteiger partial charge in [-0.3, -0.25) is 9.59 Å². The van der Waals surface area contributed by atoms with E-state index in [9.17, 15) is 18.0 Å². The average Bonchev–Trinajstić information content (AvgIpc) is 3.09. The van der Waals surface area contributed by atoms with E-state index in [0.29, 0.717) is 43.9 Å². The molecule has 0 spiro atoms. The molecule has 4 aromatic carbocycles. The quantitative estimate of drug-likeness (QED) is 0.167. The molecule has 0 unspecified atom stereocenters. The number of nitrogens with one attached hydrogen (secondary N) is 2. The lowest BCUT2D eigenvalue weighted by Crippen LogP contribution is -2.50. The summed E-state index contributed by atoms with van der Waals surface area (Å²) in [6.45, 7) is 2.65. The van der Waals surface area contributed by atoms with E-state index >= 15 is 0 Å². The molecule has 47 heavy (non-hydrogen) atoms. The van der Waals surface area contributed by atoms with Crippen LogP contribution in [0.3, 0.4) is 0 Å². The van der Waals surface area contributed by atoms with Gasteiger partial charge in [-0.25, -0.2) is 13.1 Å². The summed E-state index contributed by atoms with van der Waals surface area (Å²) in [6.07, 6.45) is 1.45. The molecule has 10 heteroatoms. The molecule has 0 aromatic heterocycles. The summed E-state index contributed by atoms with van der Waals surface area (Å²) < 4.78 is 37.9. The second-order valence-electron chi connectivity index (χ2n) is 11.1. The zero-order valence-corrected chi connectivity index (χ0v) is 28.0. The largest absolute Gasteiger partial charge is 0.493 e. The molecule has 2 amide bonds. The van der Waals surface area contributed by atoms with Crippen molar-refractivity contribution in [3.8, 4) is 11.5 Å². The van der Waals surface area contributed by atoms with Crippen molar-refractivity contribution in [1.29, 1.82) is 0 Å². The smallest absolute Gasteiger partial charge is 0.243 e. The zero-order chi connectivity index (χ0) is 33.6. The fraction of sp³-hybridized carbons (Fsp3) is 0.297. The first-order chi connectivity index (χ1) is 22.7. The van der Waals surface area contributed by atoms with E-state index in [2.05, 4.69) is 10.0 Å². The Labute approximate surface area is 278 Å². The number of benzene rings is 4. The molecule has 0 radical (unpaired) electrons. The number of nitrogens with zero attached hydrogens (tertiary/aromatic N) is 1. The van der Waals surface area contributed by atoms with Crippen molar-refractivity contribution in [2.75, 3.05) is 27.3 Å². The van der Waals surface area contributed by atoms with Crippen LogP contribution in [0.4, 0.5) is 0 Å². The van der Waals surface area contributed by atoms with E-state index in [1.54, 1.807) is 50.3 Å². The van der Waals surface area contributed by atoms with Crippen LogP contribution in [0.15, 0.2) is 108 Å². The van der Waals surface area contributed by atoms with Gasteiger partial charge in [-0.05, 0) is 59.4 Å². The Morgan fingerprint density at radius 1 is 0.745 bits per heavy atom. The molecule has 0 fully saturated rings. The van der Waals surface area contributed by atoms with E-state index in [1.165, 1.54) is 0 Å². The summed E-state index contributed by atoms with van der Waals surface area (Å²) in [5.74, 6) is 0.838. The van der Waals surface area contributed by atoms with Crippen molar-refractivity contribution in [2.24, 2.45) is 0 Å². The van der Waals surface area contributed by atoms with Crippen molar-refractivity contribution in [3.63, 3.8) is 0 Å². The molecule has 248 valence electrons. The van der Waals surface area contributed by atoms with Gasteiger partial charge in [-0.15, -0.1) is 0 Å². The number of carbonyl (C=O) groups is 2. The fourth-order valence-corrected chi connectivity index (χ4v) is 6.36. The van der Waals surface area contributed by atoms with Crippen molar-refractivity contribution in [3.05, 3.63) is 125 Å². The molecule has 0 aliphatic carbocycles. The van der Waals surface area contributed by atoms with Crippen LogP contribution >= 0.6 is 0 Å². The Kier molecular flexibility index (Phi) is 13.0.